The van der Waals surface area contributed by atoms with Gasteiger partial charge in [0.05, 0.1) is 22.9 Å². The van der Waals surface area contributed by atoms with Crippen molar-refractivity contribution in [2.75, 3.05) is 11.9 Å². The van der Waals surface area contributed by atoms with Crippen LogP contribution in [-0.4, -0.2) is 24.6 Å². The van der Waals surface area contributed by atoms with E-state index in [0.29, 0.717) is 12.4 Å². The summed E-state index contributed by atoms with van der Waals surface area (Å²) in [5, 5.41) is 12.1. The Balaban J connectivity index is 1.75. The number of ether oxygens (including phenoxy) is 2. The SMILES string of the molecule is CCCCCCCCCCCCOC(=O)c1ccc(Cl)c(NC(=O)C(C#N)Oc2ccccc2)c1. The largest absolute Gasteiger partial charge is 0.466 e. The summed E-state index contributed by atoms with van der Waals surface area (Å²) in [6.45, 7) is 2.58. The number of hydrogen-bond donors (Lipinski definition) is 1. The number of para-hydroxylation sites is 1. The van der Waals surface area contributed by atoms with Gasteiger partial charge in [-0.1, -0.05) is 94.5 Å². The molecule has 2 rings (SSSR count). The Morgan fingerprint density at radius 2 is 1.57 bits per heavy atom. The van der Waals surface area contributed by atoms with E-state index in [1.807, 2.05) is 6.07 Å². The number of carbonyl (C=O) groups is 2. The number of unbranched alkanes of at least 4 members (excludes halogenated alkanes) is 9. The van der Waals surface area contributed by atoms with E-state index < -0.39 is 18.0 Å². The number of hydrogen-bond acceptors (Lipinski definition) is 5. The molecule has 1 N–H and O–H groups in total. The number of nitriles is 1. The monoisotopic (exact) mass is 498 g/mol. The third kappa shape index (κ3) is 10.8. The highest BCUT2D eigenvalue weighted by Gasteiger charge is 2.21. The van der Waals surface area contributed by atoms with Gasteiger partial charge >= 0.3 is 5.97 Å². The quantitative estimate of drug-likeness (QED) is 0.193. The molecule has 2 aromatic carbocycles. The van der Waals surface area contributed by atoms with Gasteiger partial charge in [-0.3, -0.25) is 4.79 Å². The summed E-state index contributed by atoms with van der Waals surface area (Å²) in [5.74, 6) is -0.774. The average Bonchev–Trinajstić information content (AvgIpc) is 2.87. The highest BCUT2D eigenvalue weighted by atomic mass is 35.5. The Morgan fingerprint density at radius 3 is 2.20 bits per heavy atom. The van der Waals surface area contributed by atoms with Crippen molar-refractivity contribution in [2.24, 2.45) is 0 Å². The molecule has 7 heteroatoms. The second kappa shape index (κ2) is 16.6. The molecule has 1 amide bonds. The molecule has 0 spiro atoms. The molecule has 0 radical (unpaired) electrons. The molecule has 0 aromatic heterocycles. The fraction of sp³-hybridized carbons (Fsp3) is 0.464. The summed E-state index contributed by atoms with van der Waals surface area (Å²) in [5.41, 5.74) is 0.483. The van der Waals surface area contributed by atoms with Crippen LogP contribution in [0.15, 0.2) is 48.5 Å². The van der Waals surface area contributed by atoms with Crippen LogP contribution in [0.4, 0.5) is 5.69 Å². The molecular formula is C28H35ClN2O4. The molecule has 0 saturated heterocycles. The fourth-order valence-corrected chi connectivity index (χ4v) is 3.72. The van der Waals surface area contributed by atoms with Crippen molar-refractivity contribution >= 4 is 29.2 Å². The zero-order valence-electron chi connectivity index (χ0n) is 20.4. The van der Waals surface area contributed by atoms with Gasteiger partial charge in [-0.2, -0.15) is 5.26 Å². The van der Waals surface area contributed by atoms with E-state index >= 15 is 0 Å². The summed E-state index contributed by atoms with van der Waals surface area (Å²) in [6, 6.07) is 14.9. The number of benzene rings is 2. The van der Waals surface area contributed by atoms with Crippen LogP contribution in [0.3, 0.4) is 0 Å². The first-order valence-electron chi connectivity index (χ1n) is 12.4. The Labute approximate surface area is 213 Å². The van der Waals surface area contributed by atoms with Crippen LogP contribution in [0.1, 0.15) is 81.5 Å². The molecule has 6 nitrogen and oxygen atoms in total. The lowest BCUT2D eigenvalue weighted by atomic mass is 10.1. The molecule has 35 heavy (non-hydrogen) atoms. The van der Waals surface area contributed by atoms with Gasteiger partial charge in [-0.15, -0.1) is 0 Å². The molecule has 0 bridgehead atoms. The minimum absolute atomic E-state index is 0.210. The molecular weight excluding hydrogens is 464 g/mol. The number of esters is 1. The van der Waals surface area contributed by atoms with Crippen molar-refractivity contribution < 1.29 is 19.1 Å². The first kappa shape index (κ1) is 28.2. The van der Waals surface area contributed by atoms with Crippen molar-refractivity contribution in [3.63, 3.8) is 0 Å². The lowest BCUT2D eigenvalue weighted by Gasteiger charge is -2.14. The lowest BCUT2D eigenvalue weighted by molar-refractivity contribution is -0.120. The van der Waals surface area contributed by atoms with Gasteiger partial charge in [0.1, 0.15) is 11.8 Å². The van der Waals surface area contributed by atoms with Gasteiger partial charge in [-0.25, -0.2) is 4.79 Å². The maximum atomic E-state index is 12.5. The van der Waals surface area contributed by atoms with E-state index in [0.717, 1.165) is 19.3 Å². The van der Waals surface area contributed by atoms with Gasteiger partial charge in [0.15, 0.2) is 0 Å². The minimum Gasteiger partial charge on any atom is -0.466 e. The van der Waals surface area contributed by atoms with Gasteiger partial charge in [0.25, 0.3) is 12.0 Å². The van der Waals surface area contributed by atoms with Gasteiger partial charge < -0.3 is 14.8 Å². The van der Waals surface area contributed by atoms with Crippen LogP contribution >= 0.6 is 11.6 Å². The van der Waals surface area contributed by atoms with Crippen molar-refractivity contribution in [2.45, 2.75) is 77.2 Å². The smallest absolute Gasteiger partial charge is 0.338 e. The number of halogens is 1. The van der Waals surface area contributed by atoms with Gasteiger partial charge in [0, 0.05) is 0 Å². The van der Waals surface area contributed by atoms with Gasteiger partial charge in [-0.05, 0) is 36.8 Å². The molecule has 1 unspecified atom stereocenters. The summed E-state index contributed by atoms with van der Waals surface area (Å²) >= 11 is 6.19. The summed E-state index contributed by atoms with van der Waals surface area (Å²) in [7, 11) is 0. The number of nitrogens with zero attached hydrogens (tertiary/aromatic N) is 1. The fourth-order valence-electron chi connectivity index (χ4n) is 3.56. The molecule has 0 saturated carbocycles. The Bertz CT molecular complexity index is 959. The maximum absolute atomic E-state index is 12.5. The Morgan fingerprint density at radius 1 is 0.943 bits per heavy atom. The average molecular weight is 499 g/mol. The topological polar surface area (TPSA) is 88.4 Å². The number of rotatable bonds is 16. The summed E-state index contributed by atoms with van der Waals surface area (Å²) in [6.07, 6.45) is 10.7. The second-order valence-corrected chi connectivity index (χ2v) is 8.85. The third-order valence-electron chi connectivity index (χ3n) is 5.54. The second-order valence-electron chi connectivity index (χ2n) is 8.44. The van der Waals surface area contributed by atoms with E-state index in [1.54, 1.807) is 36.4 Å². The molecule has 0 heterocycles. The van der Waals surface area contributed by atoms with Crippen LogP contribution in [-0.2, 0) is 9.53 Å². The predicted octanol–water partition coefficient (Wildman–Crippen LogP) is 7.33. The maximum Gasteiger partial charge on any atom is 0.338 e. The van der Waals surface area contributed by atoms with Crippen LogP contribution in [0, 0.1) is 11.3 Å². The lowest BCUT2D eigenvalue weighted by Crippen LogP contribution is -2.31. The standard InChI is InChI=1S/C28H35ClN2O4/c1-2-3-4-5-6-7-8-9-10-14-19-34-28(33)22-17-18-24(29)25(20-22)31-27(32)26(21-30)35-23-15-12-11-13-16-23/h11-13,15-18,20,26H,2-10,14,19H2,1H3,(H,31,32). The molecule has 0 aliphatic heterocycles. The van der Waals surface area contributed by atoms with E-state index in [1.165, 1.54) is 57.1 Å². The van der Waals surface area contributed by atoms with Crippen LogP contribution in [0.25, 0.3) is 0 Å². The number of nitrogens with one attached hydrogen (secondary N) is 1. The molecule has 0 aliphatic carbocycles. The van der Waals surface area contributed by atoms with Crippen molar-refractivity contribution in [3.05, 3.63) is 59.1 Å². The van der Waals surface area contributed by atoms with Crippen LogP contribution in [0.5, 0.6) is 5.75 Å². The number of anilines is 1. The van der Waals surface area contributed by atoms with Crippen LogP contribution < -0.4 is 10.1 Å². The van der Waals surface area contributed by atoms with Gasteiger partial charge in [0.2, 0.25) is 0 Å². The number of amides is 1. The summed E-state index contributed by atoms with van der Waals surface area (Å²) in [4.78, 5) is 25.0. The van der Waals surface area contributed by atoms with Crippen molar-refractivity contribution in [3.8, 4) is 11.8 Å². The Hall–Kier alpha value is -3.04. The van der Waals surface area contributed by atoms with E-state index in [2.05, 4.69) is 12.2 Å². The summed E-state index contributed by atoms with van der Waals surface area (Å²) < 4.78 is 10.8. The highest BCUT2D eigenvalue weighted by molar-refractivity contribution is 6.34. The van der Waals surface area contributed by atoms with E-state index in [-0.39, 0.29) is 16.3 Å². The highest BCUT2D eigenvalue weighted by Crippen LogP contribution is 2.24. The predicted molar refractivity (Wildman–Crippen MR) is 139 cm³/mol. The molecule has 1 atom stereocenters. The van der Waals surface area contributed by atoms with Crippen molar-refractivity contribution in [1.29, 1.82) is 5.26 Å². The Kier molecular flexibility index (Phi) is 13.3. The zero-order chi connectivity index (χ0) is 25.3. The molecule has 0 aliphatic rings. The number of carbonyl (C=O) groups excluding carboxylic acids is 2. The third-order valence-corrected chi connectivity index (χ3v) is 5.87. The van der Waals surface area contributed by atoms with E-state index in [4.69, 9.17) is 21.1 Å². The first-order chi connectivity index (χ1) is 17.0. The molecule has 0 fully saturated rings. The van der Waals surface area contributed by atoms with Crippen molar-refractivity contribution in [1.82, 2.24) is 0 Å². The molecule has 188 valence electrons. The minimum atomic E-state index is -1.37. The van der Waals surface area contributed by atoms with Crippen LogP contribution in [0.2, 0.25) is 5.02 Å². The van der Waals surface area contributed by atoms with E-state index in [9.17, 15) is 14.9 Å². The molecule has 2 aromatic rings. The first-order valence-corrected chi connectivity index (χ1v) is 12.8. The zero-order valence-corrected chi connectivity index (χ0v) is 21.2. The normalized spacial score (nSPS) is 11.3.